The molecule has 0 fully saturated rings. The molecule has 1 rings (SSSR count). The molecule has 0 unspecified atom stereocenters. The van der Waals surface area contributed by atoms with E-state index in [4.69, 9.17) is 4.74 Å². The Kier molecular flexibility index (Phi) is 6.18. The van der Waals surface area contributed by atoms with Gasteiger partial charge in [-0.2, -0.15) is 0 Å². The molecule has 0 atom stereocenters. The number of aryl methyl sites for hydroxylation is 1. The lowest BCUT2D eigenvalue weighted by atomic mass is 10.0. The molecule has 7 heteroatoms. The van der Waals surface area contributed by atoms with Crippen LogP contribution in [0.25, 0.3) is 0 Å². The van der Waals surface area contributed by atoms with Crippen molar-refractivity contribution in [2.24, 2.45) is 0 Å². The highest BCUT2D eigenvalue weighted by atomic mass is 16.6. The fraction of sp³-hybridized carbons (Fsp3) is 0.688. The van der Waals surface area contributed by atoms with E-state index in [0.717, 1.165) is 0 Å². The van der Waals surface area contributed by atoms with Crippen LogP contribution in [0.15, 0.2) is 21.5 Å². The first-order valence-electron chi connectivity index (χ1n) is 7.69. The van der Waals surface area contributed by atoms with Crippen LogP contribution in [0.3, 0.4) is 0 Å². The molecule has 1 heterocycles. The summed E-state index contributed by atoms with van der Waals surface area (Å²) in [5.41, 5.74) is -0.928. The molecule has 0 bridgehead atoms. The summed E-state index contributed by atoms with van der Waals surface area (Å²) in [6.45, 7) is 11.6. The van der Waals surface area contributed by atoms with Gasteiger partial charge < -0.3 is 10.1 Å². The first-order valence-corrected chi connectivity index (χ1v) is 7.69. The Labute approximate surface area is 136 Å². The van der Waals surface area contributed by atoms with Gasteiger partial charge in [-0.1, -0.05) is 17.3 Å². The topological polar surface area (TPSA) is 86.4 Å². The number of carbonyl (C=O) groups excluding carboxylic acids is 1. The third-order valence-corrected chi connectivity index (χ3v) is 3.02. The van der Waals surface area contributed by atoms with Crippen LogP contribution >= 0.6 is 0 Å². The highest BCUT2D eigenvalue weighted by Crippen LogP contribution is 2.13. The number of nitrogens with zero attached hydrogens (tertiary/aromatic N) is 2. The molecule has 0 aliphatic rings. The Hall–Kier alpha value is -2.05. The van der Waals surface area contributed by atoms with E-state index in [1.807, 2.05) is 46.8 Å². The fourth-order valence-electron chi connectivity index (χ4n) is 1.92. The highest BCUT2D eigenvalue weighted by molar-refractivity contribution is 5.68. The molecule has 1 N–H and O–H groups in total. The first-order chi connectivity index (χ1) is 10.5. The van der Waals surface area contributed by atoms with Crippen molar-refractivity contribution in [1.29, 1.82) is 0 Å². The Morgan fingerprint density at radius 1 is 1.30 bits per heavy atom. The maximum absolute atomic E-state index is 11.8. The van der Waals surface area contributed by atoms with E-state index in [0.29, 0.717) is 25.2 Å². The standard InChI is InChI=1S/C16H27N3O4/c1-12-18-23-14(21)19(12)11-9-7-8-10-16(5,6)17-13(20)22-15(2,3)4/h7-8H,9-11H2,1-6H3,(H,17,20)/b8-7-. The minimum atomic E-state index is -0.514. The molecule has 1 aromatic rings. The van der Waals surface area contributed by atoms with E-state index >= 15 is 0 Å². The van der Waals surface area contributed by atoms with E-state index in [9.17, 15) is 9.59 Å². The van der Waals surface area contributed by atoms with Crippen molar-refractivity contribution in [2.45, 2.75) is 72.1 Å². The number of rotatable bonds is 6. The number of allylic oxidation sites excluding steroid dienone is 1. The van der Waals surface area contributed by atoms with Crippen molar-refractivity contribution in [3.63, 3.8) is 0 Å². The van der Waals surface area contributed by atoms with Crippen molar-refractivity contribution in [1.82, 2.24) is 15.0 Å². The number of nitrogens with one attached hydrogen (secondary N) is 1. The van der Waals surface area contributed by atoms with Crippen molar-refractivity contribution in [3.8, 4) is 0 Å². The number of carbonyl (C=O) groups is 1. The minimum absolute atomic E-state index is 0.414. The molecule has 0 radical (unpaired) electrons. The summed E-state index contributed by atoms with van der Waals surface area (Å²) in [5.74, 6) is 0.123. The Morgan fingerprint density at radius 3 is 2.48 bits per heavy atom. The second-order valence-electron chi connectivity index (χ2n) is 7.12. The lowest BCUT2D eigenvalue weighted by molar-refractivity contribution is 0.0473. The predicted molar refractivity (Wildman–Crippen MR) is 87.3 cm³/mol. The lowest BCUT2D eigenvalue weighted by Gasteiger charge is -2.27. The van der Waals surface area contributed by atoms with Gasteiger partial charge in [0.2, 0.25) is 0 Å². The van der Waals surface area contributed by atoms with E-state index in [2.05, 4.69) is 15.0 Å². The van der Waals surface area contributed by atoms with Gasteiger partial charge >= 0.3 is 11.8 Å². The van der Waals surface area contributed by atoms with Crippen molar-refractivity contribution >= 4 is 6.09 Å². The van der Waals surface area contributed by atoms with Gasteiger partial charge in [0.25, 0.3) is 0 Å². The van der Waals surface area contributed by atoms with Gasteiger partial charge in [0.15, 0.2) is 5.82 Å². The Morgan fingerprint density at radius 2 is 1.96 bits per heavy atom. The summed E-state index contributed by atoms with van der Waals surface area (Å²) in [6, 6.07) is 0. The number of ether oxygens (including phenoxy) is 1. The van der Waals surface area contributed by atoms with Gasteiger partial charge in [0.05, 0.1) is 0 Å². The SMILES string of the molecule is Cc1noc(=O)n1CC/C=C\CC(C)(C)NC(=O)OC(C)(C)C. The number of hydrogen-bond acceptors (Lipinski definition) is 5. The molecule has 0 aliphatic heterocycles. The number of hydrogen-bond donors (Lipinski definition) is 1. The van der Waals surface area contributed by atoms with E-state index in [-0.39, 0.29) is 0 Å². The van der Waals surface area contributed by atoms with Crippen LogP contribution in [0, 0.1) is 6.92 Å². The van der Waals surface area contributed by atoms with Gasteiger partial charge in [-0.3, -0.25) is 9.09 Å². The highest BCUT2D eigenvalue weighted by Gasteiger charge is 2.23. The molecule has 0 saturated heterocycles. The van der Waals surface area contributed by atoms with Gasteiger partial charge in [0, 0.05) is 12.1 Å². The summed E-state index contributed by atoms with van der Waals surface area (Å²) in [6.07, 6.45) is 4.86. The molecule has 130 valence electrons. The second-order valence-corrected chi connectivity index (χ2v) is 7.12. The zero-order valence-electron chi connectivity index (χ0n) is 14.8. The van der Waals surface area contributed by atoms with Gasteiger partial charge in [-0.15, -0.1) is 0 Å². The first kappa shape index (κ1) is 19.0. The van der Waals surface area contributed by atoms with Gasteiger partial charge in [0.1, 0.15) is 5.60 Å². The van der Waals surface area contributed by atoms with Crippen LogP contribution in [-0.4, -0.2) is 27.0 Å². The molecular weight excluding hydrogens is 298 g/mol. The third kappa shape index (κ3) is 7.17. The number of amides is 1. The number of alkyl carbamates (subject to hydrolysis) is 1. The van der Waals surface area contributed by atoms with Crippen LogP contribution in [0.1, 0.15) is 53.3 Å². The molecule has 1 aromatic heterocycles. The predicted octanol–water partition coefficient (Wildman–Crippen LogP) is 2.78. The van der Waals surface area contributed by atoms with E-state index in [1.54, 1.807) is 6.92 Å². The van der Waals surface area contributed by atoms with Gasteiger partial charge in [-0.05, 0) is 54.4 Å². The maximum atomic E-state index is 11.8. The van der Waals surface area contributed by atoms with Crippen LogP contribution in [0.2, 0.25) is 0 Å². The monoisotopic (exact) mass is 325 g/mol. The van der Waals surface area contributed by atoms with Crippen LogP contribution in [0.5, 0.6) is 0 Å². The summed E-state index contributed by atoms with van der Waals surface area (Å²) in [4.78, 5) is 23.1. The summed E-state index contributed by atoms with van der Waals surface area (Å²) in [5, 5.41) is 6.45. The zero-order chi connectivity index (χ0) is 17.7. The molecule has 0 saturated carbocycles. The second kappa shape index (κ2) is 7.48. The number of aromatic nitrogens is 2. The van der Waals surface area contributed by atoms with Crippen molar-refractivity contribution in [2.75, 3.05) is 0 Å². The molecular formula is C16H27N3O4. The minimum Gasteiger partial charge on any atom is -0.444 e. The summed E-state index contributed by atoms with van der Waals surface area (Å²) in [7, 11) is 0. The molecule has 0 aliphatic carbocycles. The average Bonchev–Trinajstić information content (AvgIpc) is 2.66. The smallest absolute Gasteiger partial charge is 0.441 e. The van der Waals surface area contributed by atoms with Crippen LogP contribution < -0.4 is 11.1 Å². The zero-order valence-corrected chi connectivity index (χ0v) is 14.8. The van der Waals surface area contributed by atoms with Crippen molar-refractivity contribution in [3.05, 3.63) is 28.5 Å². The Balaban J connectivity index is 2.40. The van der Waals surface area contributed by atoms with Crippen LogP contribution in [0.4, 0.5) is 4.79 Å². The largest absolute Gasteiger partial charge is 0.444 e. The molecule has 0 aromatic carbocycles. The molecule has 0 spiro atoms. The molecule has 23 heavy (non-hydrogen) atoms. The summed E-state index contributed by atoms with van der Waals surface area (Å²) < 4.78 is 11.3. The Bertz CT molecular complexity index is 606. The maximum Gasteiger partial charge on any atom is 0.441 e. The van der Waals surface area contributed by atoms with Crippen LogP contribution in [-0.2, 0) is 11.3 Å². The fourth-order valence-corrected chi connectivity index (χ4v) is 1.92. The molecule has 7 nitrogen and oxygen atoms in total. The average molecular weight is 325 g/mol. The lowest BCUT2D eigenvalue weighted by Crippen LogP contribution is -2.45. The summed E-state index contributed by atoms with van der Waals surface area (Å²) >= 11 is 0. The molecule has 1 amide bonds. The third-order valence-electron chi connectivity index (χ3n) is 3.02. The van der Waals surface area contributed by atoms with E-state index in [1.165, 1.54) is 4.57 Å². The normalized spacial score (nSPS) is 12.6. The van der Waals surface area contributed by atoms with E-state index < -0.39 is 23.0 Å². The van der Waals surface area contributed by atoms with Crippen molar-refractivity contribution < 1.29 is 14.1 Å². The van der Waals surface area contributed by atoms with Gasteiger partial charge in [-0.25, -0.2) is 9.59 Å². The quantitative estimate of drug-likeness (QED) is 0.813.